The highest BCUT2D eigenvalue weighted by Gasteiger charge is 2.25. The fraction of sp³-hybridized carbons (Fsp3) is 0.632. The van der Waals surface area contributed by atoms with Crippen LogP contribution in [0.1, 0.15) is 73.2 Å². The molecule has 1 aromatic heterocycles. The maximum absolute atomic E-state index is 4.79. The van der Waals surface area contributed by atoms with Crippen LogP contribution in [0, 0.1) is 5.41 Å². The van der Waals surface area contributed by atoms with E-state index in [4.69, 9.17) is 4.99 Å². The van der Waals surface area contributed by atoms with Crippen LogP contribution in [-0.2, 0) is 5.41 Å². The maximum atomic E-state index is 4.79. The summed E-state index contributed by atoms with van der Waals surface area (Å²) in [4.78, 5) is 8.39. The number of hydrogen-bond acceptors (Lipinski definition) is 1. The van der Waals surface area contributed by atoms with Crippen molar-refractivity contribution >= 4 is 11.3 Å². The first kappa shape index (κ1) is 17.7. The number of aromatic nitrogens is 1. The van der Waals surface area contributed by atoms with Gasteiger partial charge in [0.25, 0.3) is 0 Å². The first-order valence-corrected chi connectivity index (χ1v) is 8.06. The van der Waals surface area contributed by atoms with Gasteiger partial charge in [-0.3, -0.25) is 4.99 Å². The van der Waals surface area contributed by atoms with Crippen molar-refractivity contribution in [2.24, 2.45) is 10.4 Å². The van der Waals surface area contributed by atoms with Crippen LogP contribution in [-0.4, -0.2) is 17.2 Å². The van der Waals surface area contributed by atoms with E-state index in [0.717, 1.165) is 13.0 Å². The van der Waals surface area contributed by atoms with Crippen molar-refractivity contribution in [3.05, 3.63) is 29.6 Å². The van der Waals surface area contributed by atoms with Gasteiger partial charge in [0.15, 0.2) is 0 Å². The molecule has 1 heterocycles. The van der Waals surface area contributed by atoms with Gasteiger partial charge >= 0.3 is 0 Å². The topological polar surface area (TPSA) is 28.1 Å². The van der Waals surface area contributed by atoms with Crippen LogP contribution in [0.5, 0.6) is 0 Å². The minimum atomic E-state index is 0.0457. The number of hydrogen-bond donors (Lipinski definition) is 1. The summed E-state index contributed by atoms with van der Waals surface area (Å²) in [6.45, 7) is 18.5. The van der Waals surface area contributed by atoms with Crippen LogP contribution in [0.25, 0.3) is 5.57 Å². The zero-order valence-corrected chi connectivity index (χ0v) is 15.1. The maximum Gasteiger partial charge on any atom is 0.0491 e. The quantitative estimate of drug-likeness (QED) is 0.697. The number of aliphatic imine (C=N–C) groups is 1. The molecule has 0 saturated heterocycles. The van der Waals surface area contributed by atoms with E-state index in [0.29, 0.717) is 0 Å². The molecule has 1 rings (SSSR count). The summed E-state index contributed by atoms with van der Waals surface area (Å²) in [7, 11) is 0. The molecule has 1 N–H and O–H groups in total. The number of H-pyrrole nitrogens is 1. The number of nitrogens with one attached hydrogen (secondary N) is 1. The van der Waals surface area contributed by atoms with Crippen LogP contribution in [0.2, 0.25) is 0 Å². The van der Waals surface area contributed by atoms with E-state index < -0.39 is 0 Å². The molecule has 1 aromatic rings. The van der Waals surface area contributed by atoms with E-state index >= 15 is 0 Å². The van der Waals surface area contributed by atoms with Crippen molar-refractivity contribution in [1.82, 2.24) is 4.98 Å². The minimum Gasteiger partial charge on any atom is -0.358 e. The normalized spacial score (nSPS) is 14.7. The molecule has 0 aliphatic carbocycles. The molecule has 21 heavy (non-hydrogen) atoms. The molecule has 0 radical (unpaired) electrons. The highest BCUT2D eigenvalue weighted by Crippen LogP contribution is 2.30. The predicted molar refractivity (Wildman–Crippen MR) is 95.2 cm³/mol. The Morgan fingerprint density at radius 2 is 1.71 bits per heavy atom. The summed E-state index contributed by atoms with van der Waals surface area (Å²) < 4.78 is 0. The largest absolute Gasteiger partial charge is 0.358 e. The Balaban J connectivity index is 3.34. The van der Waals surface area contributed by atoms with Crippen LogP contribution < -0.4 is 0 Å². The van der Waals surface area contributed by atoms with Gasteiger partial charge in [-0.05, 0) is 25.5 Å². The molecule has 2 nitrogen and oxygen atoms in total. The average Bonchev–Trinajstić information content (AvgIpc) is 2.81. The monoisotopic (exact) mass is 288 g/mol. The first-order chi connectivity index (χ1) is 9.61. The third-order valence-corrected chi connectivity index (χ3v) is 3.47. The number of rotatable bonds is 4. The predicted octanol–water partition coefficient (Wildman–Crippen LogP) is 5.61. The zero-order chi connectivity index (χ0) is 16.3. The van der Waals surface area contributed by atoms with Crippen LogP contribution in [0.4, 0.5) is 0 Å². The summed E-state index contributed by atoms with van der Waals surface area (Å²) in [5.41, 5.74) is 5.08. The summed E-state index contributed by atoms with van der Waals surface area (Å²) in [6, 6.07) is 4.39. The molecule has 0 spiro atoms. The van der Waals surface area contributed by atoms with Crippen LogP contribution in [0.15, 0.2) is 23.2 Å². The van der Waals surface area contributed by atoms with E-state index in [9.17, 15) is 0 Å². The van der Waals surface area contributed by atoms with Gasteiger partial charge in [0.05, 0.1) is 0 Å². The second-order valence-corrected chi connectivity index (χ2v) is 7.63. The Labute approximate surface area is 130 Å². The molecule has 0 saturated carbocycles. The average molecular weight is 288 g/mol. The summed E-state index contributed by atoms with van der Waals surface area (Å²) >= 11 is 0. The van der Waals surface area contributed by atoms with Crippen molar-refractivity contribution in [2.45, 2.75) is 67.2 Å². The number of aromatic amines is 1. The Bertz CT molecular complexity index is 516. The highest BCUT2D eigenvalue weighted by atomic mass is 14.8. The third-order valence-electron chi connectivity index (χ3n) is 3.47. The molecule has 0 atom stereocenters. The summed E-state index contributed by atoms with van der Waals surface area (Å²) in [5, 5.41) is 0. The second kappa shape index (κ2) is 6.64. The number of allylic oxidation sites excluding steroid dienone is 2. The lowest BCUT2D eigenvalue weighted by molar-refractivity contribution is 0.572. The second-order valence-electron chi connectivity index (χ2n) is 7.63. The molecule has 0 amide bonds. The first-order valence-electron chi connectivity index (χ1n) is 8.06. The summed E-state index contributed by atoms with van der Waals surface area (Å²) in [5.74, 6) is 0. The Hall–Kier alpha value is -1.31. The van der Waals surface area contributed by atoms with Gasteiger partial charge in [0.1, 0.15) is 0 Å². The molecule has 0 bridgehead atoms. The van der Waals surface area contributed by atoms with Gasteiger partial charge in [0.2, 0.25) is 0 Å². The highest BCUT2D eigenvalue weighted by molar-refractivity contribution is 6.25. The van der Waals surface area contributed by atoms with E-state index in [1.54, 1.807) is 0 Å². The Kier molecular flexibility index (Phi) is 5.61. The number of nitrogens with zero attached hydrogens (tertiary/aromatic N) is 1. The van der Waals surface area contributed by atoms with Gasteiger partial charge in [-0.15, -0.1) is 0 Å². The van der Waals surface area contributed by atoms with Gasteiger partial charge in [-0.2, -0.15) is 0 Å². The zero-order valence-electron chi connectivity index (χ0n) is 15.1. The molecule has 0 aliphatic heterocycles. The van der Waals surface area contributed by atoms with Gasteiger partial charge in [-0.1, -0.05) is 54.5 Å². The van der Waals surface area contributed by atoms with E-state index in [2.05, 4.69) is 78.6 Å². The Morgan fingerprint density at radius 3 is 2.10 bits per heavy atom. The smallest absolute Gasteiger partial charge is 0.0491 e. The molecule has 2 heteroatoms. The van der Waals surface area contributed by atoms with Gasteiger partial charge in [0, 0.05) is 40.0 Å². The molecule has 0 aromatic carbocycles. The molecule has 0 unspecified atom stereocenters. The molecule has 0 fully saturated rings. The van der Waals surface area contributed by atoms with Crippen molar-refractivity contribution in [3.8, 4) is 0 Å². The van der Waals surface area contributed by atoms with Crippen molar-refractivity contribution in [2.75, 3.05) is 6.54 Å². The fourth-order valence-electron chi connectivity index (χ4n) is 2.41. The van der Waals surface area contributed by atoms with E-state index in [-0.39, 0.29) is 10.8 Å². The van der Waals surface area contributed by atoms with Crippen molar-refractivity contribution < 1.29 is 0 Å². The standard InChI is InChI=1S/C19H32N2/c1-9-11-14(17(20-10-2)19(6,7)8)15-12-13-16(21-15)18(3,4)5/h11-13,21H,9-10H2,1-8H3/b14-11-,20-17-. The van der Waals surface area contributed by atoms with Crippen molar-refractivity contribution in [1.29, 1.82) is 0 Å². The Morgan fingerprint density at radius 1 is 1.10 bits per heavy atom. The van der Waals surface area contributed by atoms with Gasteiger partial charge in [-0.25, -0.2) is 0 Å². The van der Waals surface area contributed by atoms with Crippen LogP contribution in [0.3, 0.4) is 0 Å². The summed E-state index contributed by atoms with van der Waals surface area (Å²) in [6.07, 6.45) is 3.30. The molecular formula is C19H32N2. The molecule has 118 valence electrons. The van der Waals surface area contributed by atoms with E-state index in [1.165, 1.54) is 22.7 Å². The van der Waals surface area contributed by atoms with E-state index in [1.807, 2.05) is 0 Å². The lowest BCUT2D eigenvalue weighted by Crippen LogP contribution is -2.23. The molecule has 0 aliphatic rings. The lowest BCUT2D eigenvalue weighted by atomic mass is 9.83. The SMILES string of the molecule is CC/C=C(\C(=N\CC)C(C)(C)C)c1ccc(C(C)(C)C)[nH]1. The minimum absolute atomic E-state index is 0.0457. The third kappa shape index (κ3) is 4.59. The fourth-order valence-corrected chi connectivity index (χ4v) is 2.41. The van der Waals surface area contributed by atoms with Crippen molar-refractivity contribution in [3.63, 3.8) is 0 Å². The van der Waals surface area contributed by atoms with Crippen LogP contribution >= 0.6 is 0 Å². The van der Waals surface area contributed by atoms with Gasteiger partial charge < -0.3 is 4.98 Å². The lowest BCUT2D eigenvalue weighted by Gasteiger charge is -2.24. The molecular weight excluding hydrogens is 256 g/mol.